The Hall–Kier alpha value is -2.01. The van der Waals surface area contributed by atoms with Crippen LogP contribution < -0.4 is 15.3 Å². The second-order valence-corrected chi connectivity index (χ2v) is 13.2. The van der Waals surface area contributed by atoms with Crippen LogP contribution in [0.15, 0.2) is 75.9 Å². The molecule has 31 heavy (non-hydrogen) atoms. The summed E-state index contributed by atoms with van der Waals surface area (Å²) in [4.78, 5) is 2.61. The van der Waals surface area contributed by atoms with Crippen LogP contribution in [-0.4, -0.2) is 18.0 Å². The summed E-state index contributed by atoms with van der Waals surface area (Å²) < 4.78 is 7.84. The molecule has 2 aromatic rings. The Morgan fingerprint density at radius 1 is 1.10 bits per heavy atom. The van der Waals surface area contributed by atoms with Crippen molar-refractivity contribution in [3.8, 4) is 0 Å². The fourth-order valence-corrected chi connectivity index (χ4v) is 8.66. The zero-order chi connectivity index (χ0) is 21.5. The van der Waals surface area contributed by atoms with Crippen LogP contribution in [0.25, 0.3) is 0 Å². The number of nitrogens with zero attached hydrogens (tertiary/aromatic N) is 2. The highest BCUT2D eigenvalue weighted by molar-refractivity contribution is 8.16. The van der Waals surface area contributed by atoms with Crippen LogP contribution in [0, 0.1) is 5.41 Å². The van der Waals surface area contributed by atoms with Crippen molar-refractivity contribution in [1.29, 1.82) is 0 Å². The van der Waals surface area contributed by atoms with E-state index >= 15 is 0 Å². The van der Waals surface area contributed by atoms with Crippen LogP contribution in [0.3, 0.4) is 0 Å². The molecule has 1 atom stereocenters. The van der Waals surface area contributed by atoms with Crippen LogP contribution in [0.1, 0.15) is 45.3 Å². The van der Waals surface area contributed by atoms with Crippen LogP contribution in [-0.2, 0) is 18.4 Å². The summed E-state index contributed by atoms with van der Waals surface area (Å²) in [5.74, 6) is 0.908. The summed E-state index contributed by atoms with van der Waals surface area (Å²) in [6, 6.07) is 14.4. The largest absolute Gasteiger partial charge is 0.468 e. The van der Waals surface area contributed by atoms with Crippen molar-refractivity contribution in [2.45, 2.75) is 46.1 Å². The van der Waals surface area contributed by atoms with Gasteiger partial charge in [-0.1, -0.05) is 49.9 Å². The van der Waals surface area contributed by atoms with Crippen molar-refractivity contribution in [3.05, 3.63) is 77.3 Å². The van der Waals surface area contributed by atoms with Crippen molar-refractivity contribution in [2.24, 2.45) is 5.41 Å². The molecule has 0 saturated carbocycles. The van der Waals surface area contributed by atoms with E-state index in [-0.39, 0.29) is 5.41 Å². The fourth-order valence-electron chi connectivity index (χ4n) is 4.86. The summed E-state index contributed by atoms with van der Waals surface area (Å²) in [6.45, 7) is 7.52. The van der Waals surface area contributed by atoms with Gasteiger partial charge >= 0.3 is 0 Å². The molecule has 1 aliphatic carbocycles. The minimum Gasteiger partial charge on any atom is -0.468 e. The van der Waals surface area contributed by atoms with E-state index in [2.05, 4.69) is 64.4 Å². The average Bonchev–Trinajstić information content (AvgIpc) is 3.39. The molecule has 2 aliphatic heterocycles. The van der Waals surface area contributed by atoms with Crippen molar-refractivity contribution >= 4 is 23.8 Å². The van der Waals surface area contributed by atoms with Gasteiger partial charge in [-0.05, 0) is 55.4 Å². The van der Waals surface area contributed by atoms with Crippen LogP contribution in [0.2, 0.25) is 0 Å². The van der Waals surface area contributed by atoms with Gasteiger partial charge < -0.3 is 9.32 Å². The molecule has 5 nitrogen and oxygen atoms in total. The Kier molecular flexibility index (Phi) is 5.49. The third-order valence-electron chi connectivity index (χ3n) is 6.28. The van der Waals surface area contributed by atoms with Crippen molar-refractivity contribution in [3.63, 3.8) is 0 Å². The molecule has 0 unspecified atom stereocenters. The highest BCUT2D eigenvalue weighted by Gasteiger charge is 2.46. The van der Waals surface area contributed by atoms with Crippen molar-refractivity contribution in [1.82, 2.24) is 15.4 Å². The Morgan fingerprint density at radius 2 is 1.87 bits per heavy atom. The Labute approximate surface area is 190 Å². The van der Waals surface area contributed by atoms with E-state index in [1.165, 1.54) is 36.0 Å². The molecular formula is C24H31N4OPS. The molecule has 0 spiro atoms. The van der Waals surface area contributed by atoms with Gasteiger partial charge in [0, 0.05) is 18.8 Å². The predicted octanol–water partition coefficient (Wildman–Crippen LogP) is 5.71. The number of likely N-dealkylation sites (tertiary alicyclic amines) is 1. The average molecular weight is 455 g/mol. The number of hydrazine groups is 1. The van der Waals surface area contributed by atoms with Gasteiger partial charge in [0.2, 0.25) is 0 Å². The number of allylic oxidation sites excluding steroid dienone is 3. The molecule has 164 valence electrons. The number of piperidine rings is 1. The number of hydrogen-bond acceptors (Lipinski definition) is 4. The Morgan fingerprint density at radius 3 is 2.58 bits per heavy atom. The molecule has 5 rings (SSSR count). The van der Waals surface area contributed by atoms with E-state index < -0.39 is 6.34 Å². The molecule has 1 aromatic heterocycles. The lowest BCUT2D eigenvalue weighted by molar-refractivity contribution is 0.254. The molecule has 2 saturated heterocycles. The molecule has 3 heterocycles. The van der Waals surface area contributed by atoms with Gasteiger partial charge in [-0.15, -0.1) is 0 Å². The first kappa shape index (κ1) is 20.9. The molecule has 7 heteroatoms. The van der Waals surface area contributed by atoms with E-state index in [1.54, 1.807) is 6.26 Å². The molecule has 2 N–H and O–H groups in total. The van der Waals surface area contributed by atoms with Crippen LogP contribution >= 0.6 is 6.34 Å². The first-order valence-corrected chi connectivity index (χ1v) is 13.9. The zero-order valence-corrected chi connectivity index (χ0v) is 20.0. The Balaban J connectivity index is 1.62. The molecule has 0 amide bonds. The molecule has 2 fully saturated rings. The normalized spacial score (nSPS) is 25.3. The fraction of sp³-hybridized carbons (Fsp3) is 0.417. The summed E-state index contributed by atoms with van der Waals surface area (Å²) in [5, 5.41) is 5.08. The van der Waals surface area contributed by atoms with E-state index in [0.717, 1.165) is 31.0 Å². The van der Waals surface area contributed by atoms with E-state index in [9.17, 15) is 0 Å². The highest BCUT2D eigenvalue weighted by atomic mass is 32.4. The maximum absolute atomic E-state index is 6.56. The number of furan rings is 1. The second-order valence-electron chi connectivity index (χ2n) is 9.32. The summed E-state index contributed by atoms with van der Waals surface area (Å²) >= 11 is 6.56. The Bertz CT molecular complexity index is 1040. The van der Waals surface area contributed by atoms with Crippen molar-refractivity contribution < 1.29 is 4.42 Å². The number of rotatable bonds is 5. The minimum absolute atomic E-state index is 0.0898. The molecule has 0 radical (unpaired) electrons. The first-order chi connectivity index (χ1) is 15.0. The second kappa shape index (κ2) is 8.16. The molecule has 1 aromatic carbocycles. The summed E-state index contributed by atoms with van der Waals surface area (Å²) in [6.07, 6.45) is 6.63. The zero-order valence-electron chi connectivity index (χ0n) is 18.3. The number of fused-ring (bicyclic) bond motifs is 1. The number of benzene rings is 1. The number of hydrogen-bond donors (Lipinski definition) is 2. The summed E-state index contributed by atoms with van der Waals surface area (Å²) in [5.41, 5.74) is 7.51. The van der Waals surface area contributed by atoms with Gasteiger partial charge in [0.05, 0.1) is 29.5 Å². The van der Waals surface area contributed by atoms with Gasteiger partial charge in [0.25, 0.3) is 0 Å². The molecule has 0 bridgehead atoms. The molecule has 3 aliphatic rings. The lowest BCUT2D eigenvalue weighted by Gasteiger charge is -2.39. The van der Waals surface area contributed by atoms with Gasteiger partial charge in [-0.25, -0.2) is 4.78 Å². The molecular weight excluding hydrogens is 423 g/mol. The quantitative estimate of drug-likeness (QED) is 0.564. The number of para-hydroxylation sites is 1. The maximum Gasteiger partial charge on any atom is 0.150 e. The summed E-state index contributed by atoms with van der Waals surface area (Å²) in [7, 11) is 0. The standard InChI is InChI=1S/C24H31N4OPS/c1-24(2)16-21-23(22(17-24)27-13-7-4-8-14-27)30(31,25-18-20-12-9-15-29-20)28(26-21)19-10-5-3-6-11-19/h3,5-6,9-12,15-16,26H,4,7-8,13-14,17-18H2,1-2H3,(H,25,31)/t30-/m1/s1. The van der Waals surface area contributed by atoms with Gasteiger partial charge in [-0.2, -0.15) is 0 Å². The maximum atomic E-state index is 6.56. The predicted molar refractivity (Wildman–Crippen MR) is 131 cm³/mol. The lowest BCUT2D eigenvalue weighted by Crippen LogP contribution is -2.34. The minimum atomic E-state index is -2.34. The van der Waals surface area contributed by atoms with Crippen molar-refractivity contribution in [2.75, 3.05) is 17.9 Å². The van der Waals surface area contributed by atoms with E-state index in [1.807, 2.05) is 18.2 Å². The van der Waals surface area contributed by atoms with Gasteiger partial charge in [0.1, 0.15) is 12.1 Å². The van der Waals surface area contributed by atoms with E-state index in [4.69, 9.17) is 16.2 Å². The van der Waals surface area contributed by atoms with E-state index in [0.29, 0.717) is 6.54 Å². The lowest BCUT2D eigenvalue weighted by atomic mass is 9.82. The first-order valence-electron chi connectivity index (χ1n) is 11.2. The number of nitrogens with one attached hydrogen (secondary N) is 2. The smallest absolute Gasteiger partial charge is 0.150 e. The highest BCUT2D eigenvalue weighted by Crippen LogP contribution is 2.65. The third kappa shape index (κ3) is 3.97. The third-order valence-corrected chi connectivity index (χ3v) is 10.3. The monoisotopic (exact) mass is 454 g/mol. The van der Waals surface area contributed by atoms with Crippen LogP contribution in [0.5, 0.6) is 0 Å². The van der Waals surface area contributed by atoms with Gasteiger partial charge in [-0.3, -0.25) is 10.5 Å². The SMILES string of the molecule is CC1(C)C=C2NN(c3ccccc3)[P@](=S)(NCc3ccco3)C2=C(N2CCCCC2)C1. The van der Waals surface area contributed by atoms with Gasteiger partial charge in [0.15, 0.2) is 0 Å². The van der Waals surface area contributed by atoms with Crippen LogP contribution in [0.4, 0.5) is 5.69 Å². The topological polar surface area (TPSA) is 43.7 Å². The number of anilines is 1.